The molecule has 5 heteroatoms. The van der Waals surface area contributed by atoms with Gasteiger partial charge in [0.2, 0.25) is 11.8 Å². The fourth-order valence-electron chi connectivity index (χ4n) is 1.76. The van der Waals surface area contributed by atoms with Gasteiger partial charge in [0.25, 0.3) is 0 Å². The van der Waals surface area contributed by atoms with Crippen LogP contribution in [0.1, 0.15) is 27.7 Å². The zero-order valence-electron chi connectivity index (χ0n) is 11.0. The van der Waals surface area contributed by atoms with Gasteiger partial charge in [-0.2, -0.15) is 0 Å². The average molecular weight is 242 g/mol. The molecule has 1 fully saturated rings. The van der Waals surface area contributed by atoms with Crippen molar-refractivity contribution in [1.82, 2.24) is 10.2 Å². The first kappa shape index (κ1) is 14.0. The molecule has 1 saturated heterocycles. The Bertz CT molecular complexity index is 291. The van der Waals surface area contributed by atoms with Crippen LogP contribution in [-0.4, -0.2) is 48.6 Å². The van der Waals surface area contributed by atoms with Gasteiger partial charge in [0.1, 0.15) is 12.1 Å². The fraction of sp³-hybridized carbons (Fsp3) is 0.833. The number of amides is 2. The number of hydrogen-bond acceptors (Lipinski definition) is 3. The van der Waals surface area contributed by atoms with Crippen LogP contribution >= 0.6 is 0 Å². The SMILES string of the molecule is CC(C)COCCN1C(=O)C(C)NC(=O)C1C. The predicted molar refractivity (Wildman–Crippen MR) is 64.4 cm³/mol. The van der Waals surface area contributed by atoms with Gasteiger partial charge >= 0.3 is 0 Å². The predicted octanol–water partition coefficient (Wildman–Crippen LogP) is 0.394. The lowest BCUT2D eigenvalue weighted by Crippen LogP contribution is -2.61. The molecule has 2 amide bonds. The zero-order chi connectivity index (χ0) is 13.0. The second-order valence-corrected chi connectivity index (χ2v) is 4.91. The number of ether oxygens (including phenoxy) is 1. The summed E-state index contributed by atoms with van der Waals surface area (Å²) in [6, 6.07) is -0.829. The van der Waals surface area contributed by atoms with Crippen molar-refractivity contribution >= 4 is 11.8 Å². The van der Waals surface area contributed by atoms with Crippen LogP contribution in [0, 0.1) is 5.92 Å². The summed E-state index contributed by atoms with van der Waals surface area (Å²) < 4.78 is 5.44. The number of rotatable bonds is 5. The van der Waals surface area contributed by atoms with E-state index in [9.17, 15) is 9.59 Å². The van der Waals surface area contributed by atoms with E-state index < -0.39 is 12.1 Å². The van der Waals surface area contributed by atoms with Crippen molar-refractivity contribution < 1.29 is 14.3 Å². The summed E-state index contributed by atoms with van der Waals surface area (Å²) in [6.45, 7) is 9.22. The Morgan fingerprint density at radius 1 is 1.35 bits per heavy atom. The topological polar surface area (TPSA) is 58.6 Å². The summed E-state index contributed by atoms with van der Waals surface area (Å²) >= 11 is 0. The van der Waals surface area contributed by atoms with Crippen molar-refractivity contribution in [3.05, 3.63) is 0 Å². The zero-order valence-corrected chi connectivity index (χ0v) is 11.0. The van der Waals surface area contributed by atoms with Gasteiger partial charge in [0.15, 0.2) is 0 Å². The molecule has 2 unspecified atom stereocenters. The van der Waals surface area contributed by atoms with Gasteiger partial charge in [-0.1, -0.05) is 13.8 Å². The average Bonchev–Trinajstić information content (AvgIpc) is 2.25. The quantitative estimate of drug-likeness (QED) is 0.710. The van der Waals surface area contributed by atoms with E-state index in [4.69, 9.17) is 4.74 Å². The largest absolute Gasteiger partial charge is 0.379 e. The Labute approximate surface area is 102 Å². The van der Waals surface area contributed by atoms with Gasteiger partial charge in [-0.3, -0.25) is 9.59 Å². The molecule has 0 aliphatic carbocycles. The van der Waals surface area contributed by atoms with E-state index in [0.717, 1.165) is 0 Å². The Kier molecular flexibility index (Phi) is 4.93. The van der Waals surface area contributed by atoms with Gasteiger partial charge in [-0.15, -0.1) is 0 Å². The number of piperazine rings is 1. The van der Waals surface area contributed by atoms with E-state index in [1.807, 2.05) is 0 Å². The van der Waals surface area contributed by atoms with Crippen molar-refractivity contribution in [2.75, 3.05) is 19.8 Å². The van der Waals surface area contributed by atoms with Gasteiger partial charge in [0.05, 0.1) is 6.61 Å². The van der Waals surface area contributed by atoms with E-state index in [0.29, 0.717) is 25.7 Å². The van der Waals surface area contributed by atoms with Crippen LogP contribution in [0.3, 0.4) is 0 Å². The maximum absolute atomic E-state index is 11.9. The molecule has 0 radical (unpaired) electrons. The molecule has 0 spiro atoms. The minimum atomic E-state index is -0.427. The lowest BCUT2D eigenvalue weighted by Gasteiger charge is -2.36. The molecule has 0 aromatic rings. The molecule has 98 valence electrons. The van der Waals surface area contributed by atoms with Crippen LogP contribution in [0.4, 0.5) is 0 Å². The van der Waals surface area contributed by atoms with E-state index in [-0.39, 0.29) is 11.8 Å². The Balaban J connectivity index is 2.44. The molecule has 0 aromatic heterocycles. The number of carbonyl (C=O) groups excluding carboxylic acids is 2. The summed E-state index contributed by atoms with van der Waals surface area (Å²) in [5.41, 5.74) is 0. The van der Waals surface area contributed by atoms with Crippen molar-refractivity contribution in [2.24, 2.45) is 5.92 Å². The normalized spacial score (nSPS) is 25.4. The highest BCUT2D eigenvalue weighted by Gasteiger charge is 2.35. The third-order valence-electron chi connectivity index (χ3n) is 2.79. The standard InChI is InChI=1S/C12H22N2O3/c1-8(2)7-17-6-5-14-10(4)11(15)13-9(3)12(14)16/h8-10H,5-7H2,1-4H3,(H,13,15). The molecule has 0 bridgehead atoms. The second-order valence-electron chi connectivity index (χ2n) is 4.91. The molecule has 1 rings (SSSR count). The van der Waals surface area contributed by atoms with Crippen molar-refractivity contribution in [1.29, 1.82) is 0 Å². The number of nitrogens with one attached hydrogen (secondary N) is 1. The maximum atomic E-state index is 11.9. The fourth-order valence-corrected chi connectivity index (χ4v) is 1.76. The molecule has 17 heavy (non-hydrogen) atoms. The van der Waals surface area contributed by atoms with E-state index in [1.165, 1.54) is 0 Å². The van der Waals surface area contributed by atoms with Crippen LogP contribution in [0.25, 0.3) is 0 Å². The lowest BCUT2D eigenvalue weighted by molar-refractivity contribution is -0.148. The highest BCUT2D eigenvalue weighted by Crippen LogP contribution is 2.09. The minimum absolute atomic E-state index is 0.0368. The van der Waals surface area contributed by atoms with Crippen LogP contribution < -0.4 is 5.32 Å². The molecule has 5 nitrogen and oxygen atoms in total. The van der Waals surface area contributed by atoms with E-state index in [1.54, 1.807) is 18.7 Å². The van der Waals surface area contributed by atoms with E-state index >= 15 is 0 Å². The van der Waals surface area contributed by atoms with Crippen molar-refractivity contribution in [2.45, 2.75) is 39.8 Å². The van der Waals surface area contributed by atoms with Crippen LogP contribution in [0.15, 0.2) is 0 Å². The third-order valence-corrected chi connectivity index (χ3v) is 2.79. The summed E-state index contributed by atoms with van der Waals surface area (Å²) in [6.07, 6.45) is 0. The van der Waals surface area contributed by atoms with Crippen molar-refractivity contribution in [3.63, 3.8) is 0 Å². The highest BCUT2D eigenvalue weighted by atomic mass is 16.5. The molecular formula is C12H22N2O3. The second kappa shape index (κ2) is 6.00. The first-order valence-corrected chi connectivity index (χ1v) is 6.12. The summed E-state index contributed by atoms with van der Waals surface area (Å²) in [5.74, 6) is 0.345. The van der Waals surface area contributed by atoms with Crippen LogP contribution in [-0.2, 0) is 14.3 Å². The molecule has 0 saturated carbocycles. The molecule has 1 aliphatic rings. The van der Waals surface area contributed by atoms with Crippen molar-refractivity contribution in [3.8, 4) is 0 Å². The Morgan fingerprint density at radius 3 is 2.59 bits per heavy atom. The molecule has 0 aromatic carbocycles. The smallest absolute Gasteiger partial charge is 0.245 e. The minimum Gasteiger partial charge on any atom is -0.379 e. The summed E-state index contributed by atoms with van der Waals surface area (Å²) in [7, 11) is 0. The monoisotopic (exact) mass is 242 g/mol. The molecule has 1 aliphatic heterocycles. The van der Waals surface area contributed by atoms with Gasteiger partial charge < -0.3 is 15.0 Å². The van der Waals surface area contributed by atoms with Crippen LogP contribution in [0.5, 0.6) is 0 Å². The summed E-state index contributed by atoms with van der Waals surface area (Å²) in [5, 5.41) is 2.65. The summed E-state index contributed by atoms with van der Waals surface area (Å²) in [4.78, 5) is 25.0. The third kappa shape index (κ3) is 3.70. The molecule has 1 heterocycles. The highest BCUT2D eigenvalue weighted by molar-refractivity contribution is 5.96. The number of hydrogen-bond donors (Lipinski definition) is 1. The molecule has 1 N–H and O–H groups in total. The Hall–Kier alpha value is -1.10. The first-order chi connectivity index (χ1) is 7.93. The van der Waals surface area contributed by atoms with Gasteiger partial charge in [-0.05, 0) is 19.8 Å². The van der Waals surface area contributed by atoms with E-state index in [2.05, 4.69) is 19.2 Å². The molecular weight excluding hydrogens is 220 g/mol. The van der Waals surface area contributed by atoms with Gasteiger partial charge in [-0.25, -0.2) is 0 Å². The Morgan fingerprint density at radius 2 is 2.00 bits per heavy atom. The first-order valence-electron chi connectivity index (χ1n) is 6.12. The van der Waals surface area contributed by atoms with Gasteiger partial charge in [0, 0.05) is 13.2 Å². The molecule has 2 atom stereocenters. The number of nitrogens with zero attached hydrogens (tertiary/aromatic N) is 1. The maximum Gasteiger partial charge on any atom is 0.245 e. The van der Waals surface area contributed by atoms with Crippen LogP contribution in [0.2, 0.25) is 0 Å². The lowest BCUT2D eigenvalue weighted by atomic mass is 10.1. The number of carbonyl (C=O) groups is 2.